The monoisotopic (exact) mass is 1520 g/mol. The van der Waals surface area contributed by atoms with E-state index in [1.54, 1.807) is 120 Å². The van der Waals surface area contributed by atoms with Crippen molar-refractivity contribution in [2.45, 2.75) is 0 Å². The van der Waals surface area contributed by atoms with Gasteiger partial charge < -0.3 is 145 Å². The van der Waals surface area contributed by atoms with E-state index < -0.39 is 0 Å². The zero-order chi connectivity index (χ0) is 39.8. The van der Waals surface area contributed by atoms with Gasteiger partial charge in [0.1, 0.15) is 31.0 Å². The Bertz CT molecular complexity index is 3050. The molecule has 0 saturated carbocycles. The molecular formula is C35H25I5N20S5. The molecule has 0 spiro atoms. The summed E-state index contributed by atoms with van der Waals surface area (Å²) in [4.78, 5) is 62.3. The summed E-state index contributed by atoms with van der Waals surface area (Å²) in [6.45, 7) is 0. The summed E-state index contributed by atoms with van der Waals surface area (Å²) in [7, 11) is 0. The highest BCUT2D eigenvalue weighted by Crippen LogP contribution is 2.17. The fourth-order valence-corrected chi connectivity index (χ4v) is 10.2. The molecule has 330 valence electrons. The van der Waals surface area contributed by atoms with Gasteiger partial charge in [-0.3, -0.25) is 0 Å². The maximum Gasteiger partial charge on any atom is 0.296 e. The minimum atomic E-state index is 0. The number of nitrogens with one attached hydrogen (secondary N) is 5. The van der Waals surface area contributed by atoms with Gasteiger partial charge in [0.05, 0.1) is 31.6 Å². The van der Waals surface area contributed by atoms with Crippen LogP contribution in [0.15, 0.2) is 121 Å². The third kappa shape index (κ3) is 10.2. The van der Waals surface area contributed by atoms with Gasteiger partial charge in [0.2, 0.25) is 24.2 Å². The Morgan fingerprint density at radius 1 is 0.277 bits per heavy atom. The summed E-state index contributed by atoms with van der Waals surface area (Å²) < 4.78 is 9.89. The second kappa shape index (κ2) is 22.8. The highest BCUT2D eigenvalue weighted by atomic mass is 127. The van der Waals surface area contributed by atoms with Crippen LogP contribution < -0.4 is 142 Å². The lowest BCUT2D eigenvalue weighted by atomic mass is 10.5. The van der Waals surface area contributed by atoms with E-state index in [1.165, 1.54) is 0 Å². The van der Waals surface area contributed by atoms with E-state index in [-0.39, 0.29) is 120 Å². The maximum atomic E-state index is 4.17. The van der Waals surface area contributed by atoms with E-state index in [1.807, 2.05) is 79.9 Å². The van der Waals surface area contributed by atoms with Gasteiger partial charge in [0.15, 0.2) is 27.6 Å². The molecule has 0 radical (unpaired) electrons. The summed E-state index contributed by atoms with van der Waals surface area (Å²) in [5.74, 6) is 0. The molecule has 15 aromatic heterocycles. The molecule has 0 unspecified atom stereocenters. The first-order chi connectivity index (χ1) is 29.7. The molecule has 15 heterocycles. The number of hydrogen-bond donors (Lipinski definition) is 5. The first-order valence-electron chi connectivity index (χ1n) is 17.6. The third-order valence-electron chi connectivity index (χ3n) is 8.87. The van der Waals surface area contributed by atoms with Crippen LogP contribution in [0.3, 0.4) is 0 Å². The number of H-pyrrole nitrogens is 5. The van der Waals surface area contributed by atoms with Gasteiger partial charge in [0.25, 0.3) is 59.9 Å². The van der Waals surface area contributed by atoms with Gasteiger partial charge in [-0.1, -0.05) is 56.7 Å². The summed E-state index contributed by atoms with van der Waals surface area (Å²) in [6.07, 6.45) is 27.1. The molecule has 30 heteroatoms. The molecule has 0 amide bonds. The summed E-state index contributed by atoms with van der Waals surface area (Å²) in [6, 6.07) is 0. The Balaban J connectivity index is 0.000000132. The molecule has 0 aliphatic carbocycles. The van der Waals surface area contributed by atoms with E-state index in [9.17, 15) is 0 Å². The number of halogens is 5. The number of hydrogen-bond acceptors (Lipinski definition) is 15. The Kier molecular flexibility index (Phi) is 17.8. The summed E-state index contributed by atoms with van der Waals surface area (Å²) >= 11 is 8.37. The predicted molar refractivity (Wildman–Crippen MR) is 225 cm³/mol. The SMILES string of the molecule is [I-].[I-].[I-].[I-].[I-].c1nc2nc[n+]3ccsc3c2[nH]1.c1nc2nc[n+]3ccsc3c2[nH]1.c1nc2nc[n+]3ccsc3c2[nH]1.c1nc2nc[n+]3ccsc3c2[nH]1.c1nc2nc[n+]3ccsc3c2[nH]1. The summed E-state index contributed by atoms with van der Waals surface area (Å²) in [5.41, 5.74) is 8.91. The number of thiazole rings is 5. The number of aromatic nitrogens is 20. The lowest BCUT2D eigenvalue weighted by molar-refractivity contribution is -0.510. The topological polar surface area (TPSA) is 228 Å². The molecule has 5 N–H and O–H groups in total. The molecule has 0 saturated heterocycles. The molecule has 0 bridgehead atoms. The second-order valence-electron chi connectivity index (χ2n) is 12.3. The average molecular weight is 1520 g/mol. The van der Waals surface area contributed by atoms with Gasteiger partial charge >= 0.3 is 0 Å². The van der Waals surface area contributed by atoms with E-state index in [0.29, 0.717) is 0 Å². The average Bonchev–Trinajstić information content (AvgIpc) is 4.11. The Morgan fingerprint density at radius 3 is 0.646 bits per heavy atom. The molecule has 0 atom stereocenters. The van der Waals surface area contributed by atoms with Crippen LogP contribution in [0.2, 0.25) is 0 Å². The van der Waals surface area contributed by atoms with Crippen molar-refractivity contribution in [2.24, 2.45) is 0 Å². The van der Waals surface area contributed by atoms with Crippen LogP contribution in [0, 0.1) is 0 Å². The van der Waals surface area contributed by atoms with Crippen molar-refractivity contribution in [3.05, 3.63) is 121 Å². The molecular weight excluding hydrogens is 1500 g/mol. The first kappa shape index (κ1) is 50.6. The second-order valence-corrected chi connectivity index (χ2v) is 16.8. The quantitative estimate of drug-likeness (QED) is 0.0712. The Labute approximate surface area is 468 Å². The minimum Gasteiger partial charge on any atom is -1.00 e. The standard InChI is InChI=1S/5C7H4N4S.5HI/c5*1-2-12-7-5-6(9-3-8-5)10-4-11(1)7;;;;;/h5*1-4H;5*1H. The zero-order valence-corrected chi connectivity index (χ0v) is 47.1. The molecule has 0 aromatic carbocycles. The number of aromatic amines is 5. The van der Waals surface area contributed by atoms with Gasteiger partial charge in [0, 0.05) is 26.9 Å². The summed E-state index contributed by atoms with van der Waals surface area (Å²) in [5, 5.41) is 10.1. The number of fused-ring (bicyclic) bond motifs is 15. The molecule has 20 nitrogen and oxygen atoms in total. The van der Waals surface area contributed by atoms with E-state index in [0.717, 1.165) is 80.0 Å². The normalized spacial score (nSPS) is 10.5. The van der Waals surface area contributed by atoms with Crippen molar-refractivity contribution in [1.82, 2.24) is 74.8 Å². The van der Waals surface area contributed by atoms with Crippen molar-refractivity contribution < 1.29 is 142 Å². The number of rotatable bonds is 0. The Morgan fingerprint density at radius 2 is 0.462 bits per heavy atom. The molecule has 15 rings (SSSR count). The minimum absolute atomic E-state index is 0. The fourth-order valence-electron chi connectivity index (χ4n) is 6.14. The fraction of sp³-hybridized carbons (Fsp3) is 0. The van der Waals surface area contributed by atoms with Crippen molar-refractivity contribution in [1.29, 1.82) is 0 Å². The number of imidazole rings is 5. The van der Waals surface area contributed by atoms with Gasteiger partial charge in [-0.15, -0.1) is 0 Å². The van der Waals surface area contributed by atoms with Crippen molar-refractivity contribution in [3.8, 4) is 0 Å². The van der Waals surface area contributed by atoms with E-state index in [2.05, 4.69) is 74.8 Å². The van der Waals surface area contributed by atoms with Crippen LogP contribution in [-0.4, -0.2) is 74.8 Å². The van der Waals surface area contributed by atoms with Crippen LogP contribution in [-0.2, 0) is 0 Å². The highest BCUT2D eigenvalue weighted by molar-refractivity contribution is 7.17. The van der Waals surface area contributed by atoms with Crippen molar-refractivity contribution in [2.75, 3.05) is 0 Å². The Hall–Kier alpha value is -3.80. The predicted octanol–water partition coefficient (Wildman–Crippen LogP) is -11.2. The van der Waals surface area contributed by atoms with Gasteiger partial charge in [-0.25, -0.2) is 0 Å². The number of nitrogens with zero attached hydrogens (tertiary/aromatic N) is 15. The molecule has 0 aliphatic rings. The van der Waals surface area contributed by atoms with Crippen LogP contribution in [0.25, 0.3) is 80.0 Å². The third-order valence-corrected chi connectivity index (χ3v) is 13.3. The lowest BCUT2D eigenvalue weighted by Gasteiger charge is -1.81. The van der Waals surface area contributed by atoms with Crippen LogP contribution in [0.4, 0.5) is 0 Å². The highest BCUT2D eigenvalue weighted by Gasteiger charge is 2.15. The van der Waals surface area contributed by atoms with Crippen molar-refractivity contribution in [3.63, 3.8) is 0 Å². The van der Waals surface area contributed by atoms with E-state index in [4.69, 9.17) is 0 Å². The smallest absolute Gasteiger partial charge is 0.296 e. The molecule has 0 aliphatic heterocycles. The van der Waals surface area contributed by atoms with Gasteiger partial charge in [-0.2, -0.15) is 46.9 Å². The van der Waals surface area contributed by atoms with Crippen LogP contribution >= 0.6 is 56.7 Å². The molecule has 15 aromatic rings. The van der Waals surface area contributed by atoms with Crippen LogP contribution in [0.5, 0.6) is 0 Å². The zero-order valence-electron chi connectivity index (χ0n) is 32.2. The first-order valence-corrected chi connectivity index (χ1v) is 22.0. The molecule has 0 fully saturated rings. The maximum absolute atomic E-state index is 4.17. The largest absolute Gasteiger partial charge is 1.00 e. The van der Waals surface area contributed by atoms with Crippen LogP contribution in [0.1, 0.15) is 0 Å². The van der Waals surface area contributed by atoms with Crippen molar-refractivity contribution >= 4 is 137 Å². The van der Waals surface area contributed by atoms with Gasteiger partial charge in [-0.05, 0) is 24.9 Å². The lowest BCUT2D eigenvalue weighted by Crippen LogP contribution is -3.00. The van der Waals surface area contributed by atoms with E-state index >= 15 is 0 Å². The molecule has 65 heavy (non-hydrogen) atoms.